The molecular formula is C19H43ClN2. The van der Waals surface area contributed by atoms with Gasteiger partial charge in [-0.3, -0.25) is 0 Å². The molecule has 136 valence electrons. The number of nitrogens with two attached hydrogens (primary N) is 1. The van der Waals surface area contributed by atoms with Crippen LogP contribution in [0.3, 0.4) is 0 Å². The van der Waals surface area contributed by atoms with Crippen LogP contribution in [0.5, 0.6) is 0 Å². The van der Waals surface area contributed by atoms with Crippen LogP contribution < -0.4 is 5.73 Å². The van der Waals surface area contributed by atoms with Crippen LogP contribution in [0, 0.1) is 0 Å². The summed E-state index contributed by atoms with van der Waals surface area (Å²) in [6.07, 6.45) is 19.7. The van der Waals surface area contributed by atoms with E-state index in [1.165, 1.54) is 83.5 Å². The Morgan fingerprint density at radius 3 is 1.45 bits per heavy atom. The van der Waals surface area contributed by atoms with Gasteiger partial charge < -0.3 is 10.6 Å². The molecule has 0 saturated carbocycles. The van der Waals surface area contributed by atoms with Crippen LogP contribution in [-0.2, 0) is 0 Å². The third kappa shape index (κ3) is 16.6. The van der Waals surface area contributed by atoms with E-state index in [9.17, 15) is 0 Å². The van der Waals surface area contributed by atoms with Crippen molar-refractivity contribution in [3.05, 3.63) is 0 Å². The Balaban J connectivity index is 0. The smallest absolute Gasteiger partial charge is 0.0101 e. The molecule has 0 aromatic rings. The molecule has 3 heteroatoms. The average Bonchev–Trinajstić information content (AvgIpc) is 2.47. The molecule has 0 aliphatic carbocycles. The summed E-state index contributed by atoms with van der Waals surface area (Å²) < 4.78 is 0. The quantitative estimate of drug-likeness (QED) is 0.362. The van der Waals surface area contributed by atoms with E-state index in [4.69, 9.17) is 5.73 Å². The maximum absolute atomic E-state index is 5.68. The van der Waals surface area contributed by atoms with Crippen molar-refractivity contribution in [2.45, 2.75) is 103 Å². The maximum atomic E-state index is 5.68. The van der Waals surface area contributed by atoms with E-state index in [1.54, 1.807) is 0 Å². The molecule has 0 bridgehead atoms. The monoisotopic (exact) mass is 334 g/mol. The molecule has 0 spiro atoms. The standard InChI is InChI=1S/C19H42N2.ClH/c1-4-5-6-7-8-9-10-11-12-13-14-15-16-19(17-18-20)21(2)3;/h19H,4-18,20H2,1-3H3;1H. The zero-order valence-corrected chi connectivity index (χ0v) is 16.4. The molecule has 0 aliphatic heterocycles. The molecule has 0 amide bonds. The van der Waals surface area contributed by atoms with Crippen molar-refractivity contribution in [3.8, 4) is 0 Å². The van der Waals surface area contributed by atoms with Gasteiger partial charge in [-0.2, -0.15) is 0 Å². The number of hydrogen-bond donors (Lipinski definition) is 1. The molecule has 22 heavy (non-hydrogen) atoms. The topological polar surface area (TPSA) is 29.3 Å². The number of rotatable bonds is 16. The highest BCUT2D eigenvalue weighted by molar-refractivity contribution is 5.85. The number of nitrogens with zero attached hydrogens (tertiary/aromatic N) is 1. The molecule has 2 N–H and O–H groups in total. The van der Waals surface area contributed by atoms with E-state index in [2.05, 4.69) is 25.9 Å². The summed E-state index contributed by atoms with van der Waals surface area (Å²) in [5.74, 6) is 0. The van der Waals surface area contributed by atoms with Gasteiger partial charge in [-0.25, -0.2) is 0 Å². The molecule has 0 rings (SSSR count). The Labute approximate surface area is 147 Å². The van der Waals surface area contributed by atoms with Gasteiger partial charge in [-0.15, -0.1) is 12.4 Å². The fourth-order valence-electron chi connectivity index (χ4n) is 3.07. The van der Waals surface area contributed by atoms with Gasteiger partial charge in [0.05, 0.1) is 0 Å². The fraction of sp³-hybridized carbons (Fsp3) is 1.00. The van der Waals surface area contributed by atoms with Crippen LogP contribution in [0.2, 0.25) is 0 Å². The minimum absolute atomic E-state index is 0. The zero-order chi connectivity index (χ0) is 15.8. The predicted molar refractivity (Wildman–Crippen MR) is 104 cm³/mol. The molecule has 0 fully saturated rings. The maximum Gasteiger partial charge on any atom is 0.0101 e. The second-order valence-corrected chi connectivity index (χ2v) is 6.87. The van der Waals surface area contributed by atoms with Gasteiger partial charge in [0.15, 0.2) is 0 Å². The molecule has 0 aliphatic rings. The van der Waals surface area contributed by atoms with E-state index in [-0.39, 0.29) is 12.4 Å². The first-order chi connectivity index (χ1) is 10.2. The highest BCUT2D eigenvalue weighted by atomic mass is 35.5. The molecular weight excluding hydrogens is 292 g/mol. The van der Waals surface area contributed by atoms with Crippen molar-refractivity contribution in [2.75, 3.05) is 20.6 Å². The summed E-state index contributed by atoms with van der Waals surface area (Å²) in [6, 6.07) is 0.693. The van der Waals surface area contributed by atoms with Crippen molar-refractivity contribution in [2.24, 2.45) is 5.73 Å². The zero-order valence-electron chi connectivity index (χ0n) is 15.6. The number of halogens is 1. The first-order valence-electron chi connectivity index (χ1n) is 9.58. The molecule has 1 atom stereocenters. The Morgan fingerprint density at radius 1 is 0.682 bits per heavy atom. The minimum Gasteiger partial charge on any atom is -0.330 e. The summed E-state index contributed by atoms with van der Waals surface area (Å²) in [7, 11) is 4.36. The molecule has 0 saturated heterocycles. The molecule has 1 unspecified atom stereocenters. The normalized spacial score (nSPS) is 12.4. The van der Waals surface area contributed by atoms with E-state index >= 15 is 0 Å². The molecule has 0 aromatic heterocycles. The van der Waals surface area contributed by atoms with Crippen LogP contribution in [0.25, 0.3) is 0 Å². The summed E-state index contributed by atoms with van der Waals surface area (Å²) >= 11 is 0. The molecule has 0 heterocycles. The van der Waals surface area contributed by atoms with Gasteiger partial charge in [-0.05, 0) is 33.5 Å². The van der Waals surface area contributed by atoms with Crippen LogP contribution >= 0.6 is 12.4 Å². The van der Waals surface area contributed by atoms with Crippen LogP contribution in [-0.4, -0.2) is 31.6 Å². The van der Waals surface area contributed by atoms with Gasteiger partial charge in [0.25, 0.3) is 0 Å². The number of unbranched alkanes of at least 4 members (excludes halogenated alkanes) is 11. The first kappa shape index (κ1) is 24.5. The Bertz CT molecular complexity index is 198. The first-order valence-corrected chi connectivity index (χ1v) is 9.58. The SMILES string of the molecule is CCCCCCCCCCCCCCC(CCN)N(C)C.Cl. The predicted octanol–water partition coefficient (Wildman–Crippen LogP) is 5.78. The Kier molecular flexibility index (Phi) is 21.4. The fourth-order valence-corrected chi connectivity index (χ4v) is 3.07. The largest absolute Gasteiger partial charge is 0.330 e. The van der Waals surface area contributed by atoms with Crippen molar-refractivity contribution < 1.29 is 0 Å². The molecule has 2 nitrogen and oxygen atoms in total. The Morgan fingerprint density at radius 2 is 1.09 bits per heavy atom. The highest BCUT2D eigenvalue weighted by Crippen LogP contribution is 2.14. The lowest BCUT2D eigenvalue weighted by molar-refractivity contribution is 0.260. The summed E-state index contributed by atoms with van der Waals surface area (Å²) in [5, 5.41) is 0. The third-order valence-corrected chi connectivity index (χ3v) is 4.62. The minimum atomic E-state index is 0. The summed E-state index contributed by atoms with van der Waals surface area (Å²) in [4.78, 5) is 2.34. The van der Waals surface area contributed by atoms with Crippen molar-refractivity contribution in [1.29, 1.82) is 0 Å². The van der Waals surface area contributed by atoms with Gasteiger partial charge in [-0.1, -0.05) is 84.0 Å². The van der Waals surface area contributed by atoms with E-state index < -0.39 is 0 Å². The lowest BCUT2D eigenvalue weighted by Gasteiger charge is -2.23. The van der Waals surface area contributed by atoms with Gasteiger partial charge in [0.2, 0.25) is 0 Å². The van der Waals surface area contributed by atoms with E-state index in [0.717, 1.165) is 13.0 Å². The van der Waals surface area contributed by atoms with Gasteiger partial charge >= 0.3 is 0 Å². The Hall–Kier alpha value is 0.210. The second-order valence-electron chi connectivity index (χ2n) is 6.87. The average molecular weight is 335 g/mol. The van der Waals surface area contributed by atoms with Crippen LogP contribution in [0.1, 0.15) is 96.8 Å². The van der Waals surface area contributed by atoms with Crippen molar-refractivity contribution in [1.82, 2.24) is 4.90 Å². The lowest BCUT2D eigenvalue weighted by Crippen LogP contribution is -2.30. The highest BCUT2D eigenvalue weighted by Gasteiger charge is 2.09. The summed E-state index contributed by atoms with van der Waals surface area (Å²) in [5.41, 5.74) is 5.68. The summed E-state index contributed by atoms with van der Waals surface area (Å²) in [6.45, 7) is 3.11. The number of hydrogen-bond acceptors (Lipinski definition) is 2. The van der Waals surface area contributed by atoms with E-state index in [1.807, 2.05) is 0 Å². The van der Waals surface area contributed by atoms with E-state index in [0.29, 0.717) is 6.04 Å². The van der Waals surface area contributed by atoms with Gasteiger partial charge in [0, 0.05) is 6.04 Å². The van der Waals surface area contributed by atoms with Crippen LogP contribution in [0.15, 0.2) is 0 Å². The van der Waals surface area contributed by atoms with Gasteiger partial charge in [0.1, 0.15) is 0 Å². The molecule has 0 radical (unpaired) electrons. The second kappa shape index (κ2) is 19.3. The third-order valence-electron chi connectivity index (χ3n) is 4.62. The van der Waals surface area contributed by atoms with Crippen LogP contribution in [0.4, 0.5) is 0 Å². The van der Waals surface area contributed by atoms with Crippen molar-refractivity contribution >= 4 is 12.4 Å². The van der Waals surface area contributed by atoms with Crippen molar-refractivity contribution in [3.63, 3.8) is 0 Å². The molecule has 0 aromatic carbocycles. The lowest BCUT2D eigenvalue weighted by atomic mass is 10.0.